The van der Waals surface area contributed by atoms with Crippen LogP contribution >= 0.6 is 27.3 Å². The summed E-state index contributed by atoms with van der Waals surface area (Å²) in [5.74, 6) is -0.181. The Morgan fingerprint density at radius 3 is 2.83 bits per heavy atom. The molecule has 96 valence electrons. The fourth-order valence-corrected chi connectivity index (χ4v) is 3.46. The lowest BCUT2D eigenvalue weighted by Gasteiger charge is -2.10. The summed E-state index contributed by atoms with van der Waals surface area (Å²) < 4.78 is 14.4. The Balaban J connectivity index is 2.32. The quantitative estimate of drug-likeness (QED) is 0.776. The lowest BCUT2D eigenvalue weighted by molar-refractivity contribution is 0.619. The molecule has 0 saturated carbocycles. The first-order valence-corrected chi connectivity index (χ1v) is 7.62. The van der Waals surface area contributed by atoms with Gasteiger partial charge in [0.2, 0.25) is 0 Å². The molecule has 2 aromatic rings. The zero-order chi connectivity index (χ0) is 13.0. The Hall–Kier alpha value is -0.710. The van der Waals surface area contributed by atoms with Crippen LogP contribution in [0.1, 0.15) is 18.9 Å². The standard InChI is InChI=1S/C14H15BrFNS/c1-2-6-17-9-10-8-11(16)3-4-12(10)14-13(15)5-7-18-14/h3-5,7-8,17H,2,6,9H2,1H3. The number of rotatable bonds is 5. The first-order valence-electron chi connectivity index (χ1n) is 5.95. The second kappa shape index (κ2) is 6.45. The van der Waals surface area contributed by atoms with E-state index >= 15 is 0 Å². The van der Waals surface area contributed by atoms with Gasteiger partial charge < -0.3 is 5.32 Å². The molecule has 1 heterocycles. The summed E-state index contributed by atoms with van der Waals surface area (Å²) in [5, 5.41) is 5.36. The predicted molar refractivity (Wildman–Crippen MR) is 79.4 cm³/mol. The van der Waals surface area contributed by atoms with Gasteiger partial charge in [-0.1, -0.05) is 13.0 Å². The van der Waals surface area contributed by atoms with E-state index in [1.807, 2.05) is 17.5 Å². The molecule has 0 unspecified atom stereocenters. The van der Waals surface area contributed by atoms with Gasteiger partial charge in [-0.15, -0.1) is 11.3 Å². The monoisotopic (exact) mass is 327 g/mol. The molecule has 0 spiro atoms. The minimum atomic E-state index is -0.181. The molecule has 0 aliphatic carbocycles. The largest absolute Gasteiger partial charge is 0.313 e. The second-order valence-electron chi connectivity index (χ2n) is 4.08. The Morgan fingerprint density at radius 2 is 2.17 bits per heavy atom. The zero-order valence-corrected chi connectivity index (χ0v) is 12.6. The van der Waals surface area contributed by atoms with Gasteiger partial charge in [-0.05, 0) is 63.6 Å². The number of hydrogen-bond donors (Lipinski definition) is 1. The fourth-order valence-electron chi connectivity index (χ4n) is 1.82. The molecule has 0 radical (unpaired) electrons. The summed E-state index contributed by atoms with van der Waals surface area (Å²) in [7, 11) is 0. The summed E-state index contributed by atoms with van der Waals surface area (Å²) >= 11 is 5.20. The summed E-state index contributed by atoms with van der Waals surface area (Å²) in [6.45, 7) is 3.77. The first-order chi connectivity index (χ1) is 8.72. The van der Waals surface area contributed by atoms with E-state index < -0.39 is 0 Å². The molecular weight excluding hydrogens is 313 g/mol. The summed E-state index contributed by atoms with van der Waals surface area (Å²) in [4.78, 5) is 1.16. The van der Waals surface area contributed by atoms with Gasteiger partial charge in [-0.3, -0.25) is 0 Å². The van der Waals surface area contributed by atoms with Gasteiger partial charge in [0.15, 0.2) is 0 Å². The Labute approximate surface area is 119 Å². The SMILES string of the molecule is CCCNCc1cc(F)ccc1-c1sccc1Br. The van der Waals surface area contributed by atoms with E-state index in [1.54, 1.807) is 17.4 Å². The van der Waals surface area contributed by atoms with E-state index in [1.165, 1.54) is 6.07 Å². The van der Waals surface area contributed by atoms with Gasteiger partial charge in [0.05, 0.1) is 0 Å². The predicted octanol–water partition coefficient (Wildman–Crippen LogP) is 4.82. The smallest absolute Gasteiger partial charge is 0.123 e. The van der Waals surface area contributed by atoms with Gasteiger partial charge in [-0.25, -0.2) is 4.39 Å². The highest BCUT2D eigenvalue weighted by Crippen LogP contribution is 2.35. The molecular formula is C14H15BrFNS. The van der Waals surface area contributed by atoms with E-state index in [9.17, 15) is 4.39 Å². The number of benzene rings is 1. The lowest BCUT2D eigenvalue weighted by Crippen LogP contribution is -2.14. The molecule has 18 heavy (non-hydrogen) atoms. The molecule has 4 heteroatoms. The zero-order valence-electron chi connectivity index (χ0n) is 10.2. The molecule has 0 fully saturated rings. The van der Waals surface area contributed by atoms with Crippen LogP contribution in [0.15, 0.2) is 34.1 Å². The summed E-state index contributed by atoms with van der Waals surface area (Å²) in [6, 6.07) is 7.01. The highest BCUT2D eigenvalue weighted by Gasteiger charge is 2.10. The van der Waals surface area contributed by atoms with Crippen molar-refractivity contribution in [2.45, 2.75) is 19.9 Å². The number of thiophene rings is 1. The fraction of sp³-hybridized carbons (Fsp3) is 0.286. The number of halogens is 2. The maximum atomic E-state index is 13.4. The molecule has 2 rings (SSSR count). The molecule has 0 aliphatic heterocycles. The Bertz CT molecular complexity index is 524. The molecule has 0 bridgehead atoms. The molecule has 0 aliphatic rings. The van der Waals surface area contributed by atoms with Crippen molar-refractivity contribution in [1.29, 1.82) is 0 Å². The highest BCUT2D eigenvalue weighted by molar-refractivity contribution is 9.10. The average molecular weight is 328 g/mol. The third-order valence-electron chi connectivity index (χ3n) is 2.67. The van der Waals surface area contributed by atoms with Gasteiger partial charge in [0.25, 0.3) is 0 Å². The van der Waals surface area contributed by atoms with Crippen molar-refractivity contribution >= 4 is 27.3 Å². The second-order valence-corrected chi connectivity index (χ2v) is 5.85. The molecule has 1 aromatic heterocycles. The minimum absolute atomic E-state index is 0.181. The third-order valence-corrected chi connectivity index (χ3v) is 4.54. The Kier molecular flexibility index (Phi) is 4.92. The van der Waals surface area contributed by atoms with E-state index in [4.69, 9.17) is 0 Å². The summed E-state index contributed by atoms with van der Waals surface area (Å²) in [5.41, 5.74) is 2.11. The van der Waals surface area contributed by atoms with Gasteiger partial charge in [0, 0.05) is 15.9 Å². The highest BCUT2D eigenvalue weighted by atomic mass is 79.9. The number of nitrogens with one attached hydrogen (secondary N) is 1. The van der Waals surface area contributed by atoms with E-state index in [0.29, 0.717) is 6.54 Å². The van der Waals surface area contributed by atoms with Crippen molar-refractivity contribution < 1.29 is 4.39 Å². The van der Waals surface area contributed by atoms with Gasteiger partial charge >= 0.3 is 0 Å². The Morgan fingerprint density at radius 1 is 1.33 bits per heavy atom. The van der Waals surface area contributed by atoms with Crippen molar-refractivity contribution in [2.75, 3.05) is 6.54 Å². The summed E-state index contributed by atoms with van der Waals surface area (Å²) in [6.07, 6.45) is 1.08. The van der Waals surface area contributed by atoms with Gasteiger partial charge in [0.1, 0.15) is 5.82 Å². The topological polar surface area (TPSA) is 12.0 Å². The van der Waals surface area contributed by atoms with Crippen LogP contribution in [0.5, 0.6) is 0 Å². The maximum absolute atomic E-state index is 13.4. The van der Waals surface area contributed by atoms with E-state index in [0.717, 1.165) is 33.4 Å². The van der Waals surface area contributed by atoms with Crippen LogP contribution in [0.25, 0.3) is 10.4 Å². The van der Waals surface area contributed by atoms with Crippen molar-refractivity contribution in [3.05, 3.63) is 45.5 Å². The third kappa shape index (κ3) is 3.19. The molecule has 1 nitrogen and oxygen atoms in total. The van der Waals surface area contributed by atoms with Crippen LogP contribution in [0.4, 0.5) is 4.39 Å². The van der Waals surface area contributed by atoms with Crippen LogP contribution in [0.3, 0.4) is 0 Å². The van der Waals surface area contributed by atoms with Crippen molar-refractivity contribution in [3.63, 3.8) is 0 Å². The normalized spacial score (nSPS) is 10.8. The molecule has 1 aromatic carbocycles. The molecule has 1 N–H and O–H groups in total. The average Bonchev–Trinajstić information content (AvgIpc) is 2.76. The van der Waals surface area contributed by atoms with Crippen LogP contribution < -0.4 is 5.32 Å². The molecule has 0 amide bonds. The van der Waals surface area contributed by atoms with Gasteiger partial charge in [-0.2, -0.15) is 0 Å². The van der Waals surface area contributed by atoms with Crippen molar-refractivity contribution in [1.82, 2.24) is 5.32 Å². The van der Waals surface area contributed by atoms with Crippen LogP contribution in [0, 0.1) is 5.82 Å². The molecule has 0 atom stereocenters. The molecule has 0 saturated heterocycles. The number of hydrogen-bond acceptors (Lipinski definition) is 2. The van der Waals surface area contributed by atoms with Crippen molar-refractivity contribution in [3.8, 4) is 10.4 Å². The lowest BCUT2D eigenvalue weighted by atomic mass is 10.1. The van der Waals surface area contributed by atoms with Crippen molar-refractivity contribution in [2.24, 2.45) is 0 Å². The minimum Gasteiger partial charge on any atom is -0.313 e. The van der Waals surface area contributed by atoms with Crippen LogP contribution in [-0.4, -0.2) is 6.54 Å². The van der Waals surface area contributed by atoms with Crippen LogP contribution in [0.2, 0.25) is 0 Å². The van der Waals surface area contributed by atoms with E-state index in [2.05, 4.69) is 28.2 Å². The maximum Gasteiger partial charge on any atom is 0.123 e. The van der Waals surface area contributed by atoms with E-state index in [-0.39, 0.29) is 5.82 Å². The van der Waals surface area contributed by atoms with Crippen LogP contribution in [-0.2, 0) is 6.54 Å². The first kappa shape index (κ1) is 13.7.